The van der Waals surface area contributed by atoms with Gasteiger partial charge in [-0.3, -0.25) is 4.79 Å². The molecule has 1 unspecified atom stereocenters. The zero-order valence-corrected chi connectivity index (χ0v) is 12.0. The van der Waals surface area contributed by atoms with Crippen molar-refractivity contribution in [2.45, 2.75) is 13.0 Å². The zero-order chi connectivity index (χ0) is 15.9. The van der Waals surface area contributed by atoms with Gasteiger partial charge in [0.05, 0.1) is 6.21 Å². The lowest BCUT2D eigenvalue weighted by molar-refractivity contribution is -0.121. The second-order valence-corrected chi connectivity index (χ2v) is 4.70. The number of anilines is 1. The van der Waals surface area contributed by atoms with Crippen LogP contribution in [0.1, 0.15) is 12.5 Å². The van der Waals surface area contributed by atoms with Gasteiger partial charge in [0.25, 0.3) is 5.91 Å². The van der Waals surface area contributed by atoms with Crippen LogP contribution in [0.4, 0.5) is 10.1 Å². The fourth-order valence-electron chi connectivity index (χ4n) is 1.73. The maximum Gasteiger partial charge on any atom is 0.262 e. The molecule has 0 saturated carbocycles. The predicted molar refractivity (Wildman–Crippen MR) is 83.3 cm³/mol. The van der Waals surface area contributed by atoms with Gasteiger partial charge in [0.2, 0.25) is 0 Å². The third kappa shape index (κ3) is 4.59. The van der Waals surface area contributed by atoms with Crippen molar-refractivity contribution >= 4 is 17.8 Å². The highest BCUT2D eigenvalue weighted by Gasteiger charge is 2.11. The molecule has 2 aromatic rings. The van der Waals surface area contributed by atoms with Gasteiger partial charge >= 0.3 is 0 Å². The van der Waals surface area contributed by atoms with Crippen molar-refractivity contribution in [3.63, 3.8) is 0 Å². The van der Waals surface area contributed by atoms with E-state index in [4.69, 9.17) is 0 Å². The molecule has 1 atom stereocenters. The van der Waals surface area contributed by atoms with E-state index < -0.39 is 6.04 Å². The Morgan fingerprint density at radius 3 is 2.68 bits per heavy atom. The molecule has 0 radical (unpaired) electrons. The summed E-state index contributed by atoms with van der Waals surface area (Å²) < 4.78 is 12.8. The predicted octanol–water partition coefficient (Wildman–Crippen LogP) is 2.48. The van der Waals surface area contributed by atoms with Gasteiger partial charge < -0.3 is 10.4 Å². The molecule has 0 heterocycles. The molecule has 0 aliphatic carbocycles. The van der Waals surface area contributed by atoms with Crippen molar-refractivity contribution in [3.8, 4) is 5.75 Å². The lowest BCUT2D eigenvalue weighted by Gasteiger charge is -2.13. The lowest BCUT2D eigenvalue weighted by atomic mass is 10.2. The van der Waals surface area contributed by atoms with E-state index >= 15 is 0 Å². The van der Waals surface area contributed by atoms with E-state index in [0.29, 0.717) is 11.3 Å². The number of nitrogens with one attached hydrogen (secondary N) is 2. The van der Waals surface area contributed by atoms with Gasteiger partial charge in [0, 0.05) is 5.69 Å². The largest absolute Gasteiger partial charge is 0.508 e. The molecule has 6 heteroatoms. The van der Waals surface area contributed by atoms with E-state index in [2.05, 4.69) is 15.8 Å². The van der Waals surface area contributed by atoms with Crippen LogP contribution in [0, 0.1) is 5.82 Å². The number of aromatic hydroxyl groups is 1. The summed E-state index contributed by atoms with van der Waals surface area (Å²) in [5.74, 6) is -0.541. The van der Waals surface area contributed by atoms with Crippen LogP contribution in [0.5, 0.6) is 5.75 Å². The molecule has 0 saturated heterocycles. The Hall–Kier alpha value is -2.89. The number of halogens is 1. The Bertz CT molecular complexity index is 671. The molecule has 2 rings (SSSR count). The quantitative estimate of drug-likeness (QED) is 0.587. The van der Waals surface area contributed by atoms with E-state index in [-0.39, 0.29) is 17.5 Å². The fourth-order valence-corrected chi connectivity index (χ4v) is 1.73. The van der Waals surface area contributed by atoms with Gasteiger partial charge in [-0.2, -0.15) is 5.10 Å². The summed E-state index contributed by atoms with van der Waals surface area (Å²) in [7, 11) is 0. The molecule has 114 valence electrons. The number of amides is 1. The minimum atomic E-state index is -0.535. The molecular weight excluding hydrogens is 285 g/mol. The molecule has 0 spiro atoms. The summed E-state index contributed by atoms with van der Waals surface area (Å²) in [4.78, 5) is 11.9. The standard InChI is InChI=1S/C16H16FN3O2/c1-11(19-14-7-5-13(17)6-8-14)16(22)20-18-10-12-3-2-4-15(21)9-12/h2-11,19,21H,1H3,(H,20,22). The topological polar surface area (TPSA) is 73.7 Å². The van der Waals surface area contributed by atoms with E-state index in [0.717, 1.165) is 0 Å². The van der Waals surface area contributed by atoms with Crippen molar-refractivity contribution in [2.24, 2.45) is 5.10 Å². The average molecular weight is 301 g/mol. The molecule has 3 N–H and O–H groups in total. The summed E-state index contributed by atoms with van der Waals surface area (Å²) in [5.41, 5.74) is 3.70. The number of phenols is 1. The average Bonchev–Trinajstić information content (AvgIpc) is 2.49. The number of phenolic OH excluding ortho intramolecular Hbond substituents is 1. The second kappa shape index (κ2) is 7.21. The number of benzene rings is 2. The van der Waals surface area contributed by atoms with Crippen LogP contribution in [0.3, 0.4) is 0 Å². The number of hydrazone groups is 1. The van der Waals surface area contributed by atoms with Crippen molar-refractivity contribution in [1.82, 2.24) is 5.43 Å². The first-order valence-corrected chi connectivity index (χ1v) is 6.68. The molecule has 0 fully saturated rings. The van der Waals surface area contributed by atoms with Crippen molar-refractivity contribution in [3.05, 3.63) is 59.9 Å². The van der Waals surface area contributed by atoms with Crippen LogP contribution in [0.2, 0.25) is 0 Å². The Kier molecular flexibility index (Phi) is 5.08. The van der Waals surface area contributed by atoms with Crippen LogP contribution in [-0.2, 0) is 4.79 Å². The molecular formula is C16H16FN3O2. The Morgan fingerprint density at radius 1 is 1.27 bits per heavy atom. The maximum atomic E-state index is 12.8. The van der Waals surface area contributed by atoms with Crippen LogP contribution >= 0.6 is 0 Å². The Morgan fingerprint density at radius 2 is 2.00 bits per heavy atom. The van der Waals surface area contributed by atoms with E-state index in [1.807, 2.05) is 0 Å². The first-order valence-electron chi connectivity index (χ1n) is 6.68. The van der Waals surface area contributed by atoms with Crippen LogP contribution in [0.25, 0.3) is 0 Å². The van der Waals surface area contributed by atoms with Crippen LogP contribution < -0.4 is 10.7 Å². The fraction of sp³-hybridized carbons (Fsp3) is 0.125. The minimum absolute atomic E-state index is 0.127. The summed E-state index contributed by atoms with van der Waals surface area (Å²) in [6.07, 6.45) is 1.43. The molecule has 0 aliphatic heterocycles. The Balaban J connectivity index is 1.87. The molecule has 0 bridgehead atoms. The van der Waals surface area contributed by atoms with Crippen LogP contribution in [0.15, 0.2) is 53.6 Å². The third-order valence-corrected chi connectivity index (χ3v) is 2.88. The van der Waals surface area contributed by atoms with Crippen molar-refractivity contribution in [1.29, 1.82) is 0 Å². The molecule has 0 aliphatic rings. The highest BCUT2D eigenvalue weighted by molar-refractivity contribution is 5.86. The number of nitrogens with zero attached hydrogens (tertiary/aromatic N) is 1. The normalized spacial score (nSPS) is 12.1. The smallest absolute Gasteiger partial charge is 0.262 e. The summed E-state index contributed by atoms with van der Waals surface area (Å²) in [5, 5.41) is 16.1. The first kappa shape index (κ1) is 15.5. The van der Waals surface area contributed by atoms with Gasteiger partial charge in [0.15, 0.2) is 0 Å². The monoisotopic (exact) mass is 301 g/mol. The summed E-state index contributed by atoms with van der Waals surface area (Å²) >= 11 is 0. The molecule has 2 aromatic carbocycles. The maximum absolute atomic E-state index is 12.8. The second-order valence-electron chi connectivity index (χ2n) is 4.70. The zero-order valence-electron chi connectivity index (χ0n) is 12.0. The number of carbonyl (C=O) groups is 1. The van der Waals surface area contributed by atoms with E-state index in [1.165, 1.54) is 24.4 Å². The number of hydrogen-bond donors (Lipinski definition) is 3. The van der Waals surface area contributed by atoms with Gasteiger partial charge in [-0.25, -0.2) is 9.82 Å². The van der Waals surface area contributed by atoms with Crippen LogP contribution in [-0.4, -0.2) is 23.3 Å². The van der Waals surface area contributed by atoms with Crippen molar-refractivity contribution in [2.75, 3.05) is 5.32 Å². The number of hydrogen-bond acceptors (Lipinski definition) is 4. The molecule has 1 amide bonds. The van der Waals surface area contributed by atoms with E-state index in [9.17, 15) is 14.3 Å². The van der Waals surface area contributed by atoms with Gasteiger partial charge in [0.1, 0.15) is 17.6 Å². The molecule has 22 heavy (non-hydrogen) atoms. The number of carbonyl (C=O) groups excluding carboxylic acids is 1. The number of rotatable bonds is 5. The van der Waals surface area contributed by atoms with Gasteiger partial charge in [-0.1, -0.05) is 12.1 Å². The Labute approximate surface area is 127 Å². The lowest BCUT2D eigenvalue weighted by Crippen LogP contribution is -2.34. The molecule has 0 aromatic heterocycles. The summed E-state index contributed by atoms with van der Waals surface area (Å²) in [6.45, 7) is 1.67. The van der Waals surface area contributed by atoms with Crippen molar-refractivity contribution < 1.29 is 14.3 Å². The third-order valence-electron chi connectivity index (χ3n) is 2.88. The van der Waals surface area contributed by atoms with Gasteiger partial charge in [-0.15, -0.1) is 0 Å². The highest BCUT2D eigenvalue weighted by Crippen LogP contribution is 2.10. The first-order chi connectivity index (χ1) is 10.5. The highest BCUT2D eigenvalue weighted by atomic mass is 19.1. The summed E-state index contributed by atoms with van der Waals surface area (Å²) in [6, 6.07) is 11.7. The van der Waals surface area contributed by atoms with E-state index in [1.54, 1.807) is 37.3 Å². The minimum Gasteiger partial charge on any atom is -0.508 e. The molecule has 5 nitrogen and oxygen atoms in total. The SMILES string of the molecule is CC(Nc1ccc(F)cc1)C(=O)NN=Cc1cccc(O)c1. The van der Waals surface area contributed by atoms with Gasteiger partial charge in [-0.05, 0) is 48.9 Å².